The molecule has 2 heterocycles. The Labute approximate surface area is 172 Å². The first-order valence-electron chi connectivity index (χ1n) is 8.67. The highest BCUT2D eigenvalue weighted by atomic mass is 32.2. The molecule has 0 spiro atoms. The second-order valence-corrected chi connectivity index (χ2v) is 8.05. The smallest absolute Gasteiger partial charge is 0.416 e. The minimum absolute atomic E-state index is 0.125. The Balaban J connectivity index is 1.54. The molecule has 0 radical (unpaired) electrons. The van der Waals surface area contributed by atoms with Gasteiger partial charge in [-0.25, -0.2) is 18.2 Å². The van der Waals surface area contributed by atoms with Gasteiger partial charge in [-0.05, 0) is 42.5 Å². The molecule has 0 saturated carbocycles. The molecule has 31 heavy (non-hydrogen) atoms. The van der Waals surface area contributed by atoms with E-state index >= 15 is 0 Å². The van der Waals surface area contributed by atoms with E-state index in [4.69, 9.17) is 4.74 Å². The van der Waals surface area contributed by atoms with Gasteiger partial charge in [-0.3, -0.25) is 9.71 Å². The highest BCUT2D eigenvalue weighted by molar-refractivity contribution is 7.92. The summed E-state index contributed by atoms with van der Waals surface area (Å²) >= 11 is 0. The lowest BCUT2D eigenvalue weighted by Crippen LogP contribution is -2.14. The molecule has 0 fully saturated rings. The maximum Gasteiger partial charge on any atom is 0.416 e. The first-order chi connectivity index (χ1) is 14.6. The number of alkyl halides is 3. The van der Waals surface area contributed by atoms with Crippen LogP contribution in [0.15, 0.2) is 70.5 Å². The number of pyridine rings is 1. The van der Waals surface area contributed by atoms with Gasteiger partial charge >= 0.3 is 11.9 Å². The first-order valence-corrected chi connectivity index (χ1v) is 10.2. The maximum atomic E-state index is 12.9. The SMILES string of the molecule is O=c1[nH]c2nccc(Oc3ccc(NS(=O)(=O)c4cccc(C(F)(F)F)c4)cc3)c2[nH]1. The zero-order chi connectivity index (χ0) is 22.2. The second kappa shape index (κ2) is 7.47. The van der Waals surface area contributed by atoms with Gasteiger partial charge in [0.05, 0.1) is 10.5 Å². The summed E-state index contributed by atoms with van der Waals surface area (Å²) in [6, 6.07) is 10.7. The zero-order valence-corrected chi connectivity index (χ0v) is 16.2. The Morgan fingerprint density at radius 3 is 2.45 bits per heavy atom. The molecule has 0 bridgehead atoms. The van der Waals surface area contributed by atoms with E-state index in [2.05, 4.69) is 19.7 Å². The number of rotatable bonds is 5. The van der Waals surface area contributed by atoms with Crippen molar-refractivity contribution in [3.63, 3.8) is 0 Å². The normalized spacial score (nSPS) is 12.1. The Hall–Kier alpha value is -3.80. The van der Waals surface area contributed by atoms with Crippen LogP contribution in [-0.2, 0) is 16.2 Å². The van der Waals surface area contributed by atoms with Gasteiger partial charge < -0.3 is 9.72 Å². The van der Waals surface area contributed by atoms with Crippen molar-refractivity contribution in [1.29, 1.82) is 0 Å². The number of nitrogens with zero attached hydrogens (tertiary/aromatic N) is 1. The quantitative estimate of drug-likeness (QED) is 0.427. The number of fused-ring (bicyclic) bond motifs is 1. The van der Waals surface area contributed by atoms with Crippen LogP contribution in [0.2, 0.25) is 0 Å². The predicted octanol–water partition coefficient (Wildman–Crippen LogP) is 3.86. The van der Waals surface area contributed by atoms with E-state index in [9.17, 15) is 26.4 Å². The molecular weight excluding hydrogens is 437 g/mol. The van der Waals surface area contributed by atoms with Crippen LogP contribution in [-0.4, -0.2) is 23.4 Å². The van der Waals surface area contributed by atoms with Crippen LogP contribution in [0.25, 0.3) is 11.2 Å². The summed E-state index contributed by atoms with van der Waals surface area (Å²) in [6.07, 6.45) is -3.22. The molecule has 3 N–H and O–H groups in total. The molecule has 2 aromatic heterocycles. The summed E-state index contributed by atoms with van der Waals surface area (Å²) in [7, 11) is -4.24. The van der Waals surface area contributed by atoms with E-state index in [-0.39, 0.29) is 5.69 Å². The zero-order valence-electron chi connectivity index (χ0n) is 15.4. The Morgan fingerprint density at radius 1 is 1.00 bits per heavy atom. The molecule has 0 atom stereocenters. The van der Waals surface area contributed by atoms with Crippen molar-refractivity contribution in [3.8, 4) is 11.5 Å². The Kier molecular flexibility index (Phi) is 4.93. The van der Waals surface area contributed by atoms with Crippen LogP contribution >= 0.6 is 0 Å². The number of ether oxygens (including phenoxy) is 1. The Morgan fingerprint density at radius 2 is 1.74 bits per heavy atom. The summed E-state index contributed by atoms with van der Waals surface area (Å²) < 4.78 is 71.4. The molecule has 12 heteroatoms. The molecule has 0 aliphatic rings. The lowest BCUT2D eigenvalue weighted by Gasteiger charge is -2.12. The molecule has 0 amide bonds. The van der Waals surface area contributed by atoms with Crippen LogP contribution in [0.5, 0.6) is 11.5 Å². The summed E-state index contributed by atoms with van der Waals surface area (Å²) in [4.78, 5) is 20.0. The number of benzene rings is 2. The first kappa shape index (κ1) is 20.5. The number of aromatic nitrogens is 3. The van der Waals surface area contributed by atoms with Crippen molar-refractivity contribution >= 4 is 26.9 Å². The largest absolute Gasteiger partial charge is 0.455 e. The van der Waals surface area contributed by atoms with Gasteiger partial charge in [0.2, 0.25) is 0 Å². The van der Waals surface area contributed by atoms with E-state index < -0.39 is 32.3 Å². The summed E-state index contributed by atoms with van der Waals surface area (Å²) in [5.41, 5.74) is -0.710. The number of aromatic amines is 2. The van der Waals surface area contributed by atoms with Gasteiger partial charge in [-0.15, -0.1) is 0 Å². The number of imidazole rings is 1. The van der Waals surface area contributed by atoms with Gasteiger partial charge in [0.15, 0.2) is 11.4 Å². The van der Waals surface area contributed by atoms with Crippen LogP contribution in [0.1, 0.15) is 5.56 Å². The van der Waals surface area contributed by atoms with E-state index in [0.717, 1.165) is 18.2 Å². The molecule has 2 aromatic carbocycles. The molecule has 4 aromatic rings. The van der Waals surface area contributed by atoms with Gasteiger partial charge in [0, 0.05) is 18.0 Å². The van der Waals surface area contributed by atoms with E-state index in [1.54, 1.807) is 0 Å². The van der Waals surface area contributed by atoms with Crippen LogP contribution in [0.3, 0.4) is 0 Å². The number of H-pyrrole nitrogens is 2. The van der Waals surface area contributed by atoms with Gasteiger partial charge in [-0.1, -0.05) is 6.07 Å². The van der Waals surface area contributed by atoms with Crippen molar-refractivity contribution < 1.29 is 26.3 Å². The fourth-order valence-corrected chi connectivity index (χ4v) is 3.87. The third-order valence-corrected chi connectivity index (χ3v) is 5.57. The van der Waals surface area contributed by atoms with E-state index in [1.165, 1.54) is 36.5 Å². The molecular formula is C19H13F3N4O4S. The fraction of sp³-hybridized carbons (Fsp3) is 0.0526. The van der Waals surface area contributed by atoms with Crippen LogP contribution in [0, 0.1) is 0 Å². The number of hydrogen-bond donors (Lipinski definition) is 3. The molecule has 0 unspecified atom stereocenters. The molecule has 0 aliphatic heterocycles. The lowest BCUT2D eigenvalue weighted by molar-refractivity contribution is -0.137. The average molecular weight is 450 g/mol. The van der Waals surface area contributed by atoms with Crippen LogP contribution < -0.4 is 15.1 Å². The monoisotopic (exact) mass is 450 g/mol. The third kappa shape index (κ3) is 4.38. The highest BCUT2D eigenvalue weighted by Gasteiger charge is 2.31. The summed E-state index contributed by atoms with van der Waals surface area (Å²) in [5.74, 6) is 0.650. The van der Waals surface area contributed by atoms with Crippen molar-refractivity contribution in [3.05, 3.63) is 76.8 Å². The Bertz CT molecular complexity index is 1410. The van der Waals surface area contributed by atoms with Gasteiger partial charge in [-0.2, -0.15) is 13.2 Å². The third-order valence-electron chi connectivity index (χ3n) is 4.19. The second-order valence-electron chi connectivity index (χ2n) is 6.37. The predicted molar refractivity (Wildman–Crippen MR) is 105 cm³/mol. The molecule has 160 valence electrons. The summed E-state index contributed by atoms with van der Waals surface area (Å²) in [5, 5.41) is 0. The topological polar surface area (TPSA) is 117 Å². The maximum absolute atomic E-state index is 12.9. The number of halogens is 3. The van der Waals surface area contributed by atoms with Crippen LogP contribution in [0.4, 0.5) is 18.9 Å². The molecule has 0 saturated heterocycles. The van der Waals surface area contributed by atoms with Gasteiger partial charge in [0.1, 0.15) is 11.3 Å². The average Bonchev–Trinajstić information content (AvgIpc) is 3.10. The standard InChI is InChI=1S/C19H13F3N4O4S/c20-19(21,22)11-2-1-3-14(10-11)31(28,29)26-12-4-6-13(7-5-12)30-15-8-9-23-17-16(15)24-18(27)25-17/h1-10,26H,(H2,23,24,25,27). The van der Waals surface area contributed by atoms with E-state index in [1.807, 2.05) is 0 Å². The minimum Gasteiger partial charge on any atom is -0.455 e. The number of hydrogen-bond acceptors (Lipinski definition) is 5. The number of anilines is 1. The molecule has 4 rings (SSSR count). The van der Waals surface area contributed by atoms with E-state index in [0.29, 0.717) is 28.7 Å². The fourth-order valence-electron chi connectivity index (χ4n) is 2.77. The lowest BCUT2D eigenvalue weighted by atomic mass is 10.2. The van der Waals surface area contributed by atoms with Crippen molar-refractivity contribution in [2.45, 2.75) is 11.1 Å². The minimum atomic E-state index is -4.66. The number of sulfonamides is 1. The molecule has 8 nitrogen and oxygen atoms in total. The van der Waals surface area contributed by atoms with Crippen molar-refractivity contribution in [1.82, 2.24) is 15.0 Å². The molecule has 0 aliphatic carbocycles. The highest BCUT2D eigenvalue weighted by Crippen LogP contribution is 2.31. The van der Waals surface area contributed by atoms with Crippen molar-refractivity contribution in [2.24, 2.45) is 0 Å². The van der Waals surface area contributed by atoms with Gasteiger partial charge in [0.25, 0.3) is 10.0 Å². The summed E-state index contributed by atoms with van der Waals surface area (Å²) in [6.45, 7) is 0. The number of nitrogens with one attached hydrogen (secondary N) is 3. The van der Waals surface area contributed by atoms with Crippen molar-refractivity contribution in [2.75, 3.05) is 4.72 Å².